The average molecular weight is 419 g/mol. The second kappa shape index (κ2) is 9.43. The van der Waals surface area contributed by atoms with Crippen LogP contribution in [0.3, 0.4) is 0 Å². The second-order valence-corrected chi connectivity index (χ2v) is 6.61. The first-order chi connectivity index (χ1) is 14.3. The molecule has 2 N–H and O–H groups in total. The number of rotatable bonds is 6. The van der Waals surface area contributed by atoms with Gasteiger partial charge < -0.3 is 10.6 Å². The number of aromatic nitrogens is 2. The van der Waals surface area contributed by atoms with Gasteiger partial charge in [0.1, 0.15) is 5.82 Å². The first-order valence-electron chi connectivity index (χ1n) is 9.20. The third-order valence-corrected chi connectivity index (χ3v) is 4.38. The van der Waals surface area contributed by atoms with E-state index >= 15 is 0 Å². The standard InChI is InChI=1S/C21H21F4N5/c1-26-20(28-12-17-7-8-18(22)9-19(17)21(23,24)25)27-10-16-11-29-30(14-16)13-15-5-3-2-4-6-15/h2-9,11,14H,10,12-13H2,1H3,(H2,26,27,28). The molecule has 0 saturated heterocycles. The summed E-state index contributed by atoms with van der Waals surface area (Å²) in [4.78, 5) is 4.01. The Morgan fingerprint density at radius 2 is 1.77 bits per heavy atom. The van der Waals surface area contributed by atoms with Crippen LogP contribution in [-0.2, 0) is 25.8 Å². The summed E-state index contributed by atoms with van der Waals surface area (Å²) < 4.78 is 54.4. The van der Waals surface area contributed by atoms with Gasteiger partial charge in [0.05, 0.1) is 18.3 Å². The Balaban J connectivity index is 1.56. The summed E-state index contributed by atoms with van der Waals surface area (Å²) >= 11 is 0. The van der Waals surface area contributed by atoms with E-state index < -0.39 is 17.6 Å². The molecule has 0 saturated carbocycles. The van der Waals surface area contributed by atoms with Gasteiger partial charge in [0.25, 0.3) is 0 Å². The SMILES string of the molecule is CN=C(NCc1cnn(Cc2ccccc2)c1)NCc1ccc(F)cc1C(F)(F)F. The smallest absolute Gasteiger partial charge is 0.352 e. The van der Waals surface area contributed by atoms with Crippen molar-refractivity contribution in [2.24, 2.45) is 4.99 Å². The zero-order valence-corrected chi connectivity index (χ0v) is 16.2. The van der Waals surface area contributed by atoms with Crippen LogP contribution in [0.2, 0.25) is 0 Å². The monoisotopic (exact) mass is 419 g/mol. The average Bonchev–Trinajstić information content (AvgIpc) is 3.16. The van der Waals surface area contributed by atoms with Crippen molar-refractivity contribution < 1.29 is 17.6 Å². The molecule has 3 aromatic rings. The van der Waals surface area contributed by atoms with Gasteiger partial charge in [0, 0.05) is 31.9 Å². The maximum atomic E-state index is 13.2. The van der Waals surface area contributed by atoms with Gasteiger partial charge in [0.15, 0.2) is 5.96 Å². The molecule has 3 rings (SSSR count). The molecule has 0 aliphatic heterocycles. The molecular weight excluding hydrogens is 398 g/mol. The topological polar surface area (TPSA) is 54.2 Å². The number of nitrogens with zero attached hydrogens (tertiary/aromatic N) is 3. The van der Waals surface area contributed by atoms with Crippen LogP contribution in [0.5, 0.6) is 0 Å². The van der Waals surface area contributed by atoms with Gasteiger partial charge in [-0.15, -0.1) is 0 Å². The minimum Gasteiger partial charge on any atom is -0.352 e. The van der Waals surface area contributed by atoms with Crippen LogP contribution in [0.25, 0.3) is 0 Å². The fraction of sp³-hybridized carbons (Fsp3) is 0.238. The maximum absolute atomic E-state index is 13.2. The molecule has 0 aliphatic carbocycles. The van der Waals surface area contributed by atoms with Crippen molar-refractivity contribution in [3.63, 3.8) is 0 Å². The van der Waals surface area contributed by atoms with Gasteiger partial charge in [-0.25, -0.2) is 4.39 Å². The lowest BCUT2D eigenvalue weighted by Crippen LogP contribution is -2.36. The number of guanidine groups is 1. The Morgan fingerprint density at radius 1 is 1.03 bits per heavy atom. The van der Waals surface area contributed by atoms with Gasteiger partial charge in [-0.1, -0.05) is 36.4 Å². The Labute approximate surface area is 171 Å². The molecule has 0 spiro atoms. The zero-order chi connectivity index (χ0) is 21.6. The van der Waals surface area contributed by atoms with Crippen LogP contribution >= 0.6 is 0 Å². The van der Waals surface area contributed by atoms with E-state index in [-0.39, 0.29) is 12.1 Å². The van der Waals surface area contributed by atoms with Crippen LogP contribution in [-0.4, -0.2) is 22.8 Å². The Morgan fingerprint density at radius 3 is 2.47 bits per heavy atom. The number of aliphatic imine (C=N–C) groups is 1. The fourth-order valence-corrected chi connectivity index (χ4v) is 2.91. The number of halogens is 4. The number of benzene rings is 2. The van der Waals surface area contributed by atoms with Gasteiger partial charge >= 0.3 is 6.18 Å². The van der Waals surface area contributed by atoms with E-state index in [0.29, 0.717) is 25.1 Å². The third-order valence-electron chi connectivity index (χ3n) is 4.38. The van der Waals surface area contributed by atoms with E-state index in [1.165, 1.54) is 7.05 Å². The number of hydrogen-bond donors (Lipinski definition) is 2. The number of alkyl halides is 3. The van der Waals surface area contributed by atoms with Crippen molar-refractivity contribution >= 4 is 5.96 Å². The van der Waals surface area contributed by atoms with Crippen molar-refractivity contribution in [3.05, 3.63) is 89.0 Å². The molecular formula is C21H21F4N5. The normalized spacial score (nSPS) is 12.1. The Kier molecular flexibility index (Phi) is 6.71. The lowest BCUT2D eigenvalue weighted by Gasteiger charge is -2.15. The molecule has 5 nitrogen and oxygen atoms in total. The number of nitrogens with one attached hydrogen (secondary N) is 2. The summed E-state index contributed by atoms with van der Waals surface area (Å²) in [6, 6.07) is 12.5. The van der Waals surface area contributed by atoms with Crippen molar-refractivity contribution in [1.29, 1.82) is 0 Å². The molecule has 158 valence electrons. The molecule has 0 radical (unpaired) electrons. The molecule has 0 fully saturated rings. The van der Waals surface area contributed by atoms with Crippen molar-refractivity contribution in [2.75, 3.05) is 7.05 Å². The molecule has 0 amide bonds. The summed E-state index contributed by atoms with van der Waals surface area (Å²) in [5, 5.41) is 10.2. The van der Waals surface area contributed by atoms with Crippen LogP contribution in [0.15, 0.2) is 65.9 Å². The summed E-state index contributed by atoms with van der Waals surface area (Å²) in [5.74, 6) is -0.607. The molecule has 0 atom stereocenters. The molecule has 0 aliphatic rings. The minimum atomic E-state index is -4.64. The lowest BCUT2D eigenvalue weighted by atomic mass is 10.1. The predicted molar refractivity (Wildman–Crippen MR) is 106 cm³/mol. The third kappa shape index (κ3) is 5.82. The molecule has 2 aromatic carbocycles. The molecule has 0 unspecified atom stereocenters. The Bertz CT molecular complexity index is 996. The highest BCUT2D eigenvalue weighted by Gasteiger charge is 2.33. The van der Waals surface area contributed by atoms with Gasteiger partial charge in [0.2, 0.25) is 0 Å². The summed E-state index contributed by atoms with van der Waals surface area (Å²) in [6.45, 7) is 0.880. The molecule has 1 aromatic heterocycles. The fourth-order valence-electron chi connectivity index (χ4n) is 2.91. The first kappa shape index (κ1) is 21.4. The molecule has 1 heterocycles. The van der Waals surface area contributed by atoms with Crippen molar-refractivity contribution in [2.45, 2.75) is 25.8 Å². The number of hydrogen-bond acceptors (Lipinski definition) is 2. The Hall–Kier alpha value is -3.36. The van der Waals surface area contributed by atoms with Crippen LogP contribution in [0, 0.1) is 5.82 Å². The van der Waals surface area contributed by atoms with E-state index in [2.05, 4.69) is 20.7 Å². The minimum absolute atomic E-state index is 0.0671. The van der Waals surface area contributed by atoms with E-state index in [4.69, 9.17) is 0 Å². The van der Waals surface area contributed by atoms with Crippen molar-refractivity contribution in [3.8, 4) is 0 Å². The van der Waals surface area contributed by atoms with E-state index in [9.17, 15) is 17.6 Å². The summed E-state index contributed by atoms with van der Waals surface area (Å²) in [6.07, 6.45) is -1.04. The van der Waals surface area contributed by atoms with Gasteiger partial charge in [-0.3, -0.25) is 9.67 Å². The highest BCUT2D eigenvalue weighted by molar-refractivity contribution is 5.79. The van der Waals surface area contributed by atoms with Gasteiger partial charge in [-0.05, 0) is 23.3 Å². The van der Waals surface area contributed by atoms with E-state index in [1.54, 1.807) is 10.9 Å². The van der Waals surface area contributed by atoms with E-state index in [1.807, 2.05) is 36.5 Å². The van der Waals surface area contributed by atoms with Crippen LogP contribution in [0.1, 0.15) is 22.3 Å². The van der Waals surface area contributed by atoms with Gasteiger partial charge in [-0.2, -0.15) is 18.3 Å². The van der Waals surface area contributed by atoms with E-state index in [0.717, 1.165) is 23.3 Å². The highest BCUT2D eigenvalue weighted by atomic mass is 19.4. The predicted octanol–water partition coefficient (Wildman–Crippen LogP) is 3.95. The van der Waals surface area contributed by atoms with Crippen LogP contribution in [0.4, 0.5) is 17.6 Å². The summed E-state index contributed by atoms with van der Waals surface area (Å²) in [5.41, 5.74) is 0.944. The molecule has 0 bridgehead atoms. The highest BCUT2D eigenvalue weighted by Crippen LogP contribution is 2.32. The molecule has 9 heteroatoms. The van der Waals surface area contributed by atoms with Crippen molar-refractivity contribution in [1.82, 2.24) is 20.4 Å². The lowest BCUT2D eigenvalue weighted by molar-refractivity contribution is -0.138. The summed E-state index contributed by atoms with van der Waals surface area (Å²) in [7, 11) is 1.52. The quantitative estimate of drug-likeness (QED) is 0.361. The maximum Gasteiger partial charge on any atom is 0.416 e. The largest absolute Gasteiger partial charge is 0.416 e. The second-order valence-electron chi connectivity index (χ2n) is 6.61. The zero-order valence-electron chi connectivity index (χ0n) is 16.2. The first-order valence-corrected chi connectivity index (χ1v) is 9.20. The molecule has 30 heavy (non-hydrogen) atoms. The van der Waals surface area contributed by atoms with Crippen LogP contribution < -0.4 is 10.6 Å².